The van der Waals surface area contributed by atoms with E-state index >= 15 is 0 Å². The maximum Gasteiger partial charge on any atom is 0.514 e. The van der Waals surface area contributed by atoms with Crippen molar-refractivity contribution in [3.8, 4) is 11.6 Å². The normalized spacial score (nSPS) is 13.0. The van der Waals surface area contributed by atoms with Gasteiger partial charge in [0, 0.05) is 39.4 Å². The molecule has 0 saturated heterocycles. The van der Waals surface area contributed by atoms with E-state index < -0.39 is 23.4 Å². The van der Waals surface area contributed by atoms with E-state index in [1.807, 2.05) is 62.4 Å². The topological polar surface area (TPSA) is 116 Å². The molecule has 4 aromatic rings. The molecule has 2 heterocycles. The van der Waals surface area contributed by atoms with Gasteiger partial charge in [0.15, 0.2) is 0 Å². The highest BCUT2D eigenvalue weighted by molar-refractivity contribution is 5.63. The van der Waals surface area contributed by atoms with E-state index in [9.17, 15) is 14.4 Å². The van der Waals surface area contributed by atoms with Crippen molar-refractivity contribution in [2.45, 2.75) is 39.4 Å². The molecule has 1 aliphatic rings. The Morgan fingerprint density at radius 1 is 0.867 bits per heavy atom. The number of methoxy groups -OCH3 is 2. The molecular weight excluding hydrogens is 580 g/mol. The summed E-state index contributed by atoms with van der Waals surface area (Å²) >= 11 is 0. The summed E-state index contributed by atoms with van der Waals surface area (Å²) < 4.78 is 34.6. The Morgan fingerprint density at radius 3 is 2.09 bits per heavy atom. The predicted octanol–water partition coefficient (Wildman–Crippen LogP) is 4.76. The van der Waals surface area contributed by atoms with Crippen LogP contribution >= 0.6 is 0 Å². The quantitative estimate of drug-likeness (QED) is 0.183. The third-order valence-corrected chi connectivity index (χ3v) is 6.90. The first-order valence-corrected chi connectivity index (χ1v) is 14.5. The van der Waals surface area contributed by atoms with Crippen LogP contribution in [0.25, 0.3) is 5.69 Å². The summed E-state index contributed by atoms with van der Waals surface area (Å²) in [6.07, 6.45) is -0.994. The molecule has 11 heteroatoms. The molecule has 11 nitrogen and oxygen atoms in total. The molecule has 0 saturated carbocycles. The highest BCUT2D eigenvalue weighted by Crippen LogP contribution is 2.39. The zero-order valence-corrected chi connectivity index (χ0v) is 26.1. The van der Waals surface area contributed by atoms with Crippen LogP contribution < -0.4 is 16.0 Å². The summed E-state index contributed by atoms with van der Waals surface area (Å²) in [7, 11) is 4.41. The van der Waals surface area contributed by atoms with E-state index in [0.717, 1.165) is 33.9 Å². The number of hydrogen-bond donors (Lipinski definition) is 0. The minimum atomic E-state index is -1.29. The summed E-state index contributed by atoms with van der Waals surface area (Å²) in [6, 6.07) is 23.4. The lowest BCUT2D eigenvalue weighted by atomic mass is 10.00. The van der Waals surface area contributed by atoms with Crippen molar-refractivity contribution >= 4 is 6.16 Å². The molecular formula is C34H38N2O9. The van der Waals surface area contributed by atoms with Crippen molar-refractivity contribution in [2.24, 2.45) is 0 Å². The fraction of sp³-hybridized carbons (Fsp3) is 0.324. The molecule has 238 valence electrons. The first-order chi connectivity index (χ1) is 21.8. The molecule has 0 unspecified atom stereocenters. The number of ether oxygens (including phenoxy) is 6. The molecule has 5 rings (SSSR count). The number of carbonyl (C=O) groups excluding carboxylic acids is 1. The number of nitrogens with zero attached hydrogens (tertiary/aromatic N) is 2. The molecule has 0 amide bonds. The van der Waals surface area contributed by atoms with Gasteiger partial charge >= 0.3 is 17.8 Å². The SMILES string of the molecule is CCOC1(OCC)OCc2cc(Cc3c(OC(=O)OC)n(Cc4ccccc4)c(=O)n(-c4ccccc4)c3=O)ccc21.COC. The smallest absolute Gasteiger partial charge is 0.437 e. The fourth-order valence-corrected chi connectivity index (χ4v) is 5.07. The van der Waals surface area contributed by atoms with Crippen molar-refractivity contribution in [3.63, 3.8) is 0 Å². The second kappa shape index (κ2) is 15.4. The Bertz CT molecular complexity index is 1690. The van der Waals surface area contributed by atoms with Gasteiger partial charge in [-0.05, 0) is 42.7 Å². The molecule has 0 atom stereocenters. The van der Waals surface area contributed by atoms with Gasteiger partial charge in [-0.3, -0.25) is 9.36 Å². The number of fused-ring (bicyclic) bond motifs is 1. The lowest BCUT2D eigenvalue weighted by molar-refractivity contribution is -0.384. The average Bonchev–Trinajstić information content (AvgIpc) is 3.39. The summed E-state index contributed by atoms with van der Waals surface area (Å²) in [5.74, 6) is -1.47. The summed E-state index contributed by atoms with van der Waals surface area (Å²) in [4.78, 5) is 40.3. The predicted molar refractivity (Wildman–Crippen MR) is 167 cm³/mol. The Morgan fingerprint density at radius 2 is 1.49 bits per heavy atom. The van der Waals surface area contributed by atoms with Gasteiger partial charge in [-0.15, -0.1) is 0 Å². The first kappa shape index (κ1) is 33.3. The standard InChI is InChI=1S/C32H32N2O8.C2H6O/c1-4-39-32(40-5-2)27-17-16-23(18-24(27)21-41-32)19-26-28(35)34(25-14-10-7-11-15-25)30(36)33(29(26)42-31(37)38-3)20-22-12-8-6-9-13-22;1-3-2/h6-18H,4-5,19-21H2,1-3H3;1-2H3. The fourth-order valence-electron chi connectivity index (χ4n) is 5.07. The van der Waals surface area contributed by atoms with Gasteiger partial charge in [0.05, 0.1) is 31.5 Å². The Labute approximate surface area is 261 Å². The van der Waals surface area contributed by atoms with Crippen LogP contribution in [0.1, 0.15) is 41.7 Å². The van der Waals surface area contributed by atoms with Crippen molar-refractivity contribution in [1.29, 1.82) is 0 Å². The molecule has 0 bridgehead atoms. The molecule has 0 radical (unpaired) electrons. The maximum atomic E-state index is 14.0. The van der Waals surface area contributed by atoms with Crippen LogP contribution in [-0.2, 0) is 49.2 Å². The number of para-hydroxylation sites is 1. The van der Waals surface area contributed by atoms with Gasteiger partial charge in [-0.25, -0.2) is 14.2 Å². The number of benzene rings is 3. The molecule has 0 N–H and O–H groups in total. The maximum absolute atomic E-state index is 14.0. The van der Waals surface area contributed by atoms with Crippen LogP contribution in [0.4, 0.5) is 4.79 Å². The minimum absolute atomic E-state index is 0.0510. The average molecular weight is 619 g/mol. The molecule has 1 aliphatic heterocycles. The van der Waals surface area contributed by atoms with Crippen LogP contribution in [0, 0.1) is 0 Å². The van der Waals surface area contributed by atoms with Crippen molar-refractivity contribution in [1.82, 2.24) is 9.13 Å². The molecule has 0 fully saturated rings. The van der Waals surface area contributed by atoms with Gasteiger partial charge in [-0.2, -0.15) is 0 Å². The molecule has 45 heavy (non-hydrogen) atoms. The minimum Gasteiger partial charge on any atom is -0.437 e. The van der Waals surface area contributed by atoms with Gasteiger partial charge in [0.25, 0.3) is 5.56 Å². The summed E-state index contributed by atoms with van der Waals surface area (Å²) in [5, 5.41) is 0. The van der Waals surface area contributed by atoms with Gasteiger partial charge in [-0.1, -0.05) is 66.7 Å². The third kappa shape index (κ3) is 7.40. The highest BCUT2D eigenvalue weighted by Gasteiger charge is 2.42. The van der Waals surface area contributed by atoms with Gasteiger partial charge in [0.2, 0.25) is 5.88 Å². The second-order valence-corrected chi connectivity index (χ2v) is 9.96. The number of aromatic nitrogens is 2. The molecule has 0 spiro atoms. The third-order valence-electron chi connectivity index (χ3n) is 6.90. The number of hydrogen-bond acceptors (Lipinski definition) is 9. The number of carbonyl (C=O) groups is 1. The van der Waals surface area contributed by atoms with E-state index in [4.69, 9.17) is 23.7 Å². The van der Waals surface area contributed by atoms with E-state index in [0.29, 0.717) is 18.9 Å². The van der Waals surface area contributed by atoms with E-state index in [-0.39, 0.29) is 31.0 Å². The van der Waals surface area contributed by atoms with Crippen LogP contribution in [0.2, 0.25) is 0 Å². The summed E-state index contributed by atoms with van der Waals surface area (Å²) in [6.45, 7) is 4.80. The summed E-state index contributed by atoms with van der Waals surface area (Å²) in [5.41, 5.74) is 2.33. The van der Waals surface area contributed by atoms with E-state index in [2.05, 4.69) is 4.74 Å². The second-order valence-electron chi connectivity index (χ2n) is 9.96. The highest BCUT2D eigenvalue weighted by atomic mass is 16.9. The Kier molecular flexibility index (Phi) is 11.4. The molecule has 0 aliphatic carbocycles. The zero-order chi connectivity index (χ0) is 32.4. The molecule has 1 aromatic heterocycles. The zero-order valence-electron chi connectivity index (χ0n) is 26.1. The van der Waals surface area contributed by atoms with Crippen LogP contribution in [0.15, 0.2) is 88.5 Å². The monoisotopic (exact) mass is 618 g/mol. The van der Waals surface area contributed by atoms with Crippen LogP contribution in [0.3, 0.4) is 0 Å². The Balaban J connectivity index is 0.00000148. The van der Waals surface area contributed by atoms with Gasteiger partial charge < -0.3 is 28.4 Å². The van der Waals surface area contributed by atoms with E-state index in [1.165, 1.54) is 4.57 Å². The van der Waals surface area contributed by atoms with Crippen molar-refractivity contribution < 1.29 is 33.2 Å². The molecule has 3 aromatic carbocycles. The number of rotatable bonds is 10. The largest absolute Gasteiger partial charge is 0.514 e. The van der Waals surface area contributed by atoms with Gasteiger partial charge in [0.1, 0.15) is 0 Å². The van der Waals surface area contributed by atoms with Crippen LogP contribution in [0.5, 0.6) is 5.88 Å². The lowest BCUT2D eigenvalue weighted by Crippen LogP contribution is -2.42. The van der Waals surface area contributed by atoms with Crippen molar-refractivity contribution in [2.75, 3.05) is 34.5 Å². The first-order valence-electron chi connectivity index (χ1n) is 14.5. The van der Waals surface area contributed by atoms with Crippen LogP contribution in [-0.4, -0.2) is 49.8 Å². The Hall–Kier alpha value is -4.55. The van der Waals surface area contributed by atoms with E-state index in [1.54, 1.807) is 44.6 Å². The lowest BCUT2D eigenvalue weighted by Gasteiger charge is -2.28. The van der Waals surface area contributed by atoms with Crippen molar-refractivity contribution in [3.05, 3.63) is 128 Å².